The molecule has 1 aliphatic rings. The molecule has 3 aromatic rings. The molecule has 0 N–H and O–H groups in total. The molecule has 0 unspecified atom stereocenters. The summed E-state index contributed by atoms with van der Waals surface area (Å²) in [5, 5.41) is 11.9. The molecule has 1 amide bonds. The molecular weight excluding hydrogens is 414 g/mol. The van der Waals surface area contributed by atoms with E-state index in [1.807, 2.05) is 36.4 Å². The second-order valence-electron chi connectivity index (χ2n) is 7.21. The number of aliphatic imine (C=N–C) groups is 1. The quantitative estimate of drug-likeness (QED) is 0.302. The van der Waals surface area contributed by atoms with Gasteiger partial charge in [0.05, 0.1) is 10.6 Å². The van der Waals surface area contributed by atoms with E-state index in [1.165, 1.54) is 11.0 Å². The second kappa shape index (κ2) is 8.16. The van der Waals surface area contributed by atoms with Gasteiger partial charge in [0.2, 0.25) is 0 Å². The number of rotatable bonds is 4. The van der Waals surface area contributed by atoms with E-state index in [9.17, 15) is 14.9 Å². The van der Waals surface area contributed by atoms with Crippen molar-refractivity contribution in [2.45, 2.75) is 13.8 Å². The second-order valence-corrected chi connectivity index (χ2v) is 7.65. The van der Waals surface area contributed by atoms with Crippen molar-refractivity contribution in [2.75, 3.05) is 4.90 Å². The summed E-state index contributed by atoms with van der Waals surface area (Å²) in [6.07, 6.45) is 1.69. The molecule has 0 radical (unpaired) electrons. The van der Waals surface area contributed by atoms with E-state index >= 15 is 0 Å². The zero-order chi connectivity index (χ0) is 22.1. The first kappa shape index (κ1) is 20.5. The molecule has 1 heterocycles. The lowest BCUT2D eigenvalue weighted by Crippen LogP contribution is -2.33. The number of nitro groups is 1. The number of amides is 1. The molecule has 1 aliphatic heterocycles. The van der Waals surface area contributed by atoms with Gasteiger partial charge in [-0.1, -0.05) is 54.1 Å². The Hall–Kier alpha value is -3.77. The summed E-state index contributed by atoms with van der Waals surface area (Å²) in [6.45, 7) is 3.40. The Balaban J connectivity index is 1.87. The van der Waals surface area contributed by atoms with Crippen LogP contribution in [-0.2, 0) is 4.79 Å². The number of nitro benzene ring substituents is 1. The number of amidine groups is 1. The first-order chi connectivity index (χ1) is 14.8. The molecule has 0 bridgehead atoms. The number of anilines is 1. The molecule has 154 valence electrons. The van der Waals surface area contributed by atoms with Crippen LogP contribution in [-0.4, -0.2) is 16.7 Å². The Morgan fingerprint density at radius 3 is 2.42 bits per heavy atom. The average Bonchev–Trinajstić information content (AvgIpc) is 3.06. The van der Waals surface area contributed by atoms with E-state index in [2.05, 4.69) is 4.99 Å². The average molecular weight is 432 g/mol. The number of hydrogen-bond acceptors (Lipinski definition) is 4. The minimum atomic E-state index is -0.422. The van der Waals surface area contributed by atoms with Crippen LogP contribution < -0.4 is 4.90 Å². The molecule has 0 spiro atoms. The molecule has 31 heavy (non-hydrogen) atoms. The zero-order valence-corrected chi connectivity index (χ0v) is 17.6. The number of aryl methyl sites for hydroxylation is 2. The van der Waals surface area contributed by atoms with Gasteiger partial charge in [-0.05, 0) is 49.2 Å². The van der Waals surface area contributed by atoms with E-state index in [4.69, 9.17) is 11.6 Å². The van der Waals surface area contributed by atoms with Crippen LogP contribution in [0.2, 0.25) is 5.02 Å². The SMILES string of the molecule is Cc1cc([N+](=O)[O-])c(C)cc1N1C(=O)/C(=C\c2cccc(Cl)c2)N=C1c1ccccc1. The van der Waals surface area contributed by atoms with E-state index in [1.54, 1.807) is 44.2 Å². The van der Waals surface area contributed by atoms with E-state index < -0.39 is 4.92 Å². The van der Waals surface area contributed by atoms with Crippen molar-refractivity contribution < 1.29 is 9.72 Å². The van der Waals surface area contributed by atoms with Gasteiger partial charge in [0.25, 0.3) is 11.6 Å². The number of halogens is 1. The summed E-state index contributed by atoms with van der Waals surface area (Å²) >= 11 is 6.08. The van der Waals surface area contributed by atoms with Crippen molar-refractivity contribution in [3.8, 4) is 0 Å². The molecule has 0 atom stereocenters. The van der Waals surface area contributed by atoms with E-state index in [0.29, 0.717) is 27.7 Å². The lowest BCUT2D eigenvalue weighted by Gasteiger charge is -2.21. The topological polar surface area (TPSA) is 75.8 Å². The molecule has 0 saturated heterocycles. The molecular formula is C24H18ClN3O3. The first-order valence-electron chi connectivity index (χ1n) is 9.56. The van der Waals surface area contributed by atoms with Gasteiger partial charge < -0.3 is 0 Å². The van der Waals surface area contributed by atoms with Crippen molar-refractivity contribution in [1.29, 1.82) is 0 Å². The van der Waals surface area contributed by atoms with Crippen molar-refractivity contribution in [1.82, 2.24) is 0 Å². The van der Waals surface area contributed by atoms with Crippen LogP contribution in [0.1, 0.15) is 22.3 Å². The Kier molecular flexibility index (Phi) is 5.40. The predicted molar refractivity (Wildman–Crippen MR) is 122 cm³/mol. The minimum Gasteiger partial charge on any atom is -0.266 e. The fourth-order valence-electron chi connectivity index (χ4n) is 3.50. The third-order valence-corrected chi connectivity index (χ3v) is 5.23. The van der Waals surface area contributed by atoms with Crippen molar-refractivity contribution >= 4 is 40.8 Å². The monoisotopic (exact) mass is 431 g/mol. The van der Waals surface area contributed by atoms with Crippen LogP contribution in [0.3, 0.4) is 0 Å². The molecule has 0 aromatic heterocycles. The van der Waals surface area contributed by atoms with Crippen LogP contribution in [0.25, 0.3) is 6.08 Å². The lowest BCUT2D eigenvalue weighted by molar-refractivity contribution is -0.385. The Morgan fingerprint density at radius 2 is 1.74 bits per heavy atom. The number of carbonyl (C=O) groups is 1. The third-order valence-electron chi connectivity index (χ3n) is 5.00. The van der Waals surface area contributed by atoms with Crippen molar-refractivity contribution in [3.05, 3.63) is 110 Å². The number of hydrogen-bond donors (Lipinski definition) is 0. The van der Waals surface area contributed by atoms with Crippen LogP contribution in [0.4, 0.5) is 11.4 Å². The van der Waals surface area contributed by atoms with Gasteiger partial charge in [-0.3, -0.25) is 19.8 Å². The summed E-state index contributed by atoms with van der Waals surface area (Å²) < 4.78 is 0. The minimum absolute atomic E-state index is 0.0146. The van der Waals surface area contributed by atoms with E-state index in [0.717, 1.165) is 11.1 Å². The molecule has 0 fully saturated rings. The van der Waals surface area contributed by atoms with E-state index in [-0.39, 0.29) is 17.3 Å². The van der Waals surface area contributed by atoms with Gasteiger partial charge in [0.15, 0.2) is 0 Å². The molecule has 7 heteroatoms. The summed E-state index contributed by atoms with van der Waals surface area (Å²) in [6, 6.07) is 19.7. The third kappa shape index (κ3) is 3.98. The van der Waals surface area contributed by atoms with Gasteiger partial charge >= 0.3 is 0 Å². The van der Waals surface area contributed by atoms with Crippen LogP contribution in [0.15, 0.2) is 77.4 Å². The van der Waals surface area contributed by atoms with Crippen LogP contribution >= 0.6 is 11.6 Å². The highest BCUT2D eigenvalue weighted by Crippen LogP contribution is 2.34. The summed E-state index contributed by atoms with van der Waals surface area (Å²) in [4.78, 5) is 30.5. The molecule has 3 aromatic carbocycles. The fraction of sp³-hybridized carbons (Fsp3) is 0.0833. The molecule has 0 aliphatic carbocycles. The Labute approximate surface area is 184 Å². The van der Waals surface area contributed by atoms with Gasteiger partial charge in [-0.25, -0.2) is 4.99 Å². The van der Waals surface area contributed by atoms with Gasteiger partial charge in [0, 0.05) is 22.2 Å². The van der Waals surface area contributed by atoms with Crippen molar-refractivity contribution in [3.63, 3.8) is 0 Å². The molecule has 0 saturated carbocycles. The highest BCUT2D eigenvalue weighted by atomic mass is 35.5. The lowest BCUT2D eigenvalue weighted by atomic mass is 10.1. The highest BCUT2D eigenvalue weighted by molar-refractivity contribution is 6.33. The van der Waals surface area contributed by atoms with Gasteiger partial charge in [-0.15, -0.1) is 0 Å². The molecule has 4 rings (SSSR count). The van der Waals surface area contributed by atoms with Crippen LogP contribution in [0.5, 0.6) is 0 Å². The Bertz CT molecular complexity index is 1270. The highest BCUT2D eigenvalue weighted by Gasteiger charge is 2.34. The van der Waals surface area contributed by atoms with Crippen LogP contribution in [0, 0.1) is 24.0 Å². The van der Waals surface area contributed by atoms with Gasteiger partial charge in [0.1, 0.15) is 11.5 Å². The largest absolute Gasteiger partial charge is 0.282 e. The van der Waals surface area contributed by atoms with Crippen molar-refractivity contribution in [2.24, 2.45) is 4.99 Å². The number of benzene rings is 3. The first-order valence-corrected chi connectivity index (χ1v) is 9.94. The fourth-order valence-corrected chi connectivity index (χ4v) is 3.70. The smallest absolute Gasteiger partial charge is 0.266 e. The maximum atomic E-state index is 13.4. The summed E-state index contributed by atoms with van der Waals surface area (Å²) in [5.41, 5.74) is 3.44. The summed E-state index contributed by atoms with van der Waals surface area (Å²) in [7, 11) is 0. The standard InChI is InChI=1S/C24H18ClN3O3/c1-15-12-22(28(30)31)16(2)11-21(15)27-23(18-8-4-3-5-9-18)26-20(24(27)29)14-17-7-6-10-19(25)13-17/h3-14H,1-2H3/b20-14+. The maximum absolute atomic E-state index is 13.4. The number of carbonyl (C=O) groups excluding carboxylic acids is 1. The van der Waals surface area contributed by atoms with Gasteiger partial charge in [-0.2, -0.15) is 0 Å². The normalized spacial score (nSPS) is 14.8. The summed E-state index contributed by atoms with van der Waals surface area (Å²) in [5.74, 6) is 0.158. The molecule has 6 nitrogen and oxygen atoms in total. The predicted octanol–water partition coefficient (Wildman–Crippen LogP) is 5.70. The maximum Gasteiger partial charge on any atom is 0.282 e. The zero-order valence-electron chi connectivity index (χ0n) is 16.9. The Morgan fingerprint density at radius 1 is 1.00 bits per heavy atom. The number of nitrogens with zero attached hydrogens (tertiary/aromatic N) is 3.